The van der Waals surface area contributed by atoms with E-state index in [1.807, 2.05) is 0 Å². The van der Waals surface area contributed by atoms with Crippen molar-refractivity contribution in [1.29, 1.82) is 0 Å². The van der Waals surface area contributed by atoms with Gasteiger partial charge >= 0.3 is 6.03 Å². The Morgan fingerprint density at radius 3 is 3.00 bits per heavy atom. The second-order valence-corrected chi connectivity index (χ2v) is 7.38. The van der Waals surface area contributed by atoms with Gasteiger partial charge in [-0.05, 0) is 37.0 Å². The number of nitrogens with one attached hydrogen (secondary N) is 2. The van der Waals surface area contributed by atoms with Crippen molar-refractivity contribution in [3.05, 3.63) is 46.2 Å². The predicted molar refractivity (Wildman–Crippen MR) is 102 cm³/mol. The molecular weight excluding hydrogens is 369 g/mol. The van der Waals surface area contributed by atoms with Gasteiger partial charge in [0.2, 0.25) is 0 Å². The first kappa shape index (κ1) is 19.2. The van der Waals surface area contributed by atoms with Crippen LogP contribution in [0.25, 0.3) is 0 Å². The molecule has 1 unspecified atom stereocenters. The van der Waals surface area contributed by atoms with Crippen molar-refractivity contribution in [2.24, 2.45) is 11.7 Å². The van der Waals surface area contributed by atoms with Crippen LogP contribution in [0.2, 0.25) is 0 Å². The SMILES string of the molecule is NCc1nc(C(=O)N2CCCC(CNC(=O)Nc3cccc(F)c3)C2)cs1. The number of carbonyl (C=O) groups is 2. The van der Waals surface area contributed by atoms with E-state index in [0.29, 0.717) is 37.6 Å². The van der Waals surface area contributed by atoms with Crippen LogP contribution in [0.15, 0.2) is 29.6 Å². The molecule has 1 aliphatic rings. The van der Waals surface area contributed by atoms with Crippen molar-refractivity contribution in [2.75, 3.05) is 25.0 Å². The summed E-state index contributed by atoms with van der Waals surface area (Å²) in [6, 6.07) is 5.33. The van der Waals surface area contributed by atoms with Gasteiger partial charge in [-0.15, -0.1) is 11.3 Å². The number of carbonyl (C=O) groups excluding carboxylic acids is 2. The van der Waals surface area contributed by atoms with Gasteiger partial charge in [-0.1, -0.05) is 6.07 Å². The maximum Gasteiger partial charge on any atom is 0.319 e. The summed E-state index contributed by atoms with van der Waals surface area (Å²) in [5.74, 6) is -0.345. The summed E-state index contributed by atoms with van der Waals surface area (Å²) in [4.78, 5) is 30.6. The van der Waals surface area contributed by atoms with Crippen LogP contribution < -0.4 is 16.4 Å². The van der Waals surface area contributed by atoms with Gasteiger partial charge in [0.25, 0.3) is 5.91 Å². The third-order valence-electron chi connectivity index (χ3n) is 4.39. The highest BCUT2D eigenvalue weighted by Crippen LogP contribution is 2.19. The molecule has 3 amide bonds. The average Bonchev–Trinajstić information content (AvgIpc) is 3.15. The number of piperidine rings is 1. The third kappa shape index (κ3) is 5.24. The molecule has 2 heterocycles. The number of urea groups is 1. The van der Waals surface area contributed by atoms with E-state index in [1.165, 1.54) is 29.5 Å². The molecule has 27 heavy (non-hydrogen) atoms. The van der Waals surface area contributed by atoms with Gasteiger partial charge in [0.1, 0.15) is 16.5 Å². The second kappa shape index (κ2) is 8.92. The molecule has 0 radical (unpaired) electrons. The number of halogens is 1. The van der Waals surface area contributed by atoms with Gasteiger partial charge in [0.05, 0.1) is 0 Å². The summed E-state index contributed by atoms with van der Waals surface area (Å²) in [5.41, 5.74) is 6.38. The van der Waals surface area contributed by atoms with E-state index in [2.05, 4.69) is 15.6 Å². The normalized spacial score (nSPS) is 16.8. The lowest BCUT2D eigenvalue weighted by atomic mass is 9.98. The van der Waals surface area contributed by atoms with Crippen LogP contribution >= 0.6 is 11.3 Å². The van der Waals surface area contributed by atoms with Gasteiger partial charge in [0.15, 0.2) is 0 Å². The number of hydrogen-bond donors (Lipinski definition) is 3. The van der Waals surface area contributed by atoms with E-state index in [4.69, 9.17) is 5.73 Å². The van der Waals surface area contributed by atoms with Crippen molar-refractivity contribution < 1.29 is 14.0 Å². The Hall–Kier alpha value is -2.52. The molecule has 1 aliphatic heterocycles. The molecule has 0 saturated carbocycles. The van der Waals surface area contributed by atoms with E-state index >= 15 is 0 Å². The highest BCUT2D eigenvalue weighted by atomic mass is 32.1. The van der Waals surface area contributed by atoms with Crippen molar-refractivity contribution in [2.45, 2.75) is 19.4 Å². The zero-order chi connectivity index (χ0) is 19.2. The maximum absolute atomic E-state index is 13.2. The summed E-state index contributed by atoms with van der Waals surface area (Å²) < 4.78 is 13.2. The molecule has 1 aromatic carbocycles. The summed E-state index contributed by atoms with van der Waals surface area (Å²) in [7, 11) is 0. The van der Waals surface area contributed by atoms with Crippen molar-refractivity contribution in [1.82, 2.24) is 15.2 Å². The van der Waals surface area contributed by atoms with Gasteiger partial charge < -0.3 is 21.3 Å². The number of rotatable bonds is 5. The summed E-state index contributed by atoms with van der Waals surface area (Å²) in [6.45, 7) is 2.01. The number of nitrogens with two attached hydrogens (primary N) is 1. The molecule has 1 saturated heterocycles. The Labute approximate surface area is 160 Å². The van der Waals surface area contributed by atoms with E-state index in [9.17, 15) is 14.0 Å². The predicted octanol–water partition coefficient (Wildman–Crippen LogP) is 2.41. The van der Waals surface area contributed by atoms with E-state index in [1.54, 1.807) is 16.3 Å². The van der Waals surface area contributed by atoms with Crippen LogP contribution in [0.5, 0.6) is 0 Å². The van der Waals surface area contributed by atoms with E-state index in [-0.39, 0.29) is 11.8 Å². The lowest BCUT2D eigenvalue weighted by molar-refractivity contribution is 0.0670. The van der Waals surface area contributed by atoms with Gasteiger partial charge in [-0.2, -0.15) is 0 Å². The highest BCUT2D eigenvalue weighted by molar-refractivity contribution is 7.09. The van der Waals surface area contributed by atoms with Crippen LogP contribution in [0.4, 0.5) is 14.9 Å². The molecule has 1 aromatic heterocycles. The van der Waals surface area contributed by atoms with Gasteiger partial charge in [-0.3, -0.25) is 4.79 Å². The molecule has 9 heteroatoms. The summed E-state index contributed by atoms with van der Waals surface area (Å²) in [5, 5.41) is 7.87. The minimum atomic E-state index is -0.408. The Kier molecular flexibility index (Phi) is 6.36. The maximum atomic E-state index is 13.2. The molecule has 0 bridgehead atoms. The zero-order valence-electron chi connectivity index (χ0n) is 14.8. The fraction of sp³-hybridized carbons (Fsp3) is 0.389. The van der Waals surface area contributed by atoms with Crippen LogP contribution in [0, 0.1) is 11.7 Å². The van der Waals surface area contributed by atoms with Crippen molar-refractivity contribution in [3.8, 4) is 0 Å². The zero-order valence-corrected chi connectivity index (χ0v) is 15.6. The fourth-order valence-corrected chi connectivity index (χ4v) is 3.71. The molecule has 1 atom stereocenters. The first-order valence-electron chi connectivity index (χ1n) is 8.79. The molecule has 7 nitrogen and oxygen atoms in total. The monoisotopic (exact) mass is 391 g/mol. The smallest absolute Gasteiger partial charge is 0.319 e. The minimum absolute atomic E-state index is 0.0973. The number of benzene rings is 1. The number of amides is 3. The second-order valence-electron chi connectivity index (χ2n) is 6.44. The summed E-state index contributed by atoms with van der Waals surface area (Å²) in [6.07, 6.45) is 1.80. The van der Waals surface area contributed by atoms with Crippen LogP contribution in [-0.2, 0) is 6.54 Å². The summed E-state index contributed by atoms with van der Waals surface area (Å²) >= 11 is 1.38. The van der Waals surface area contributed by atoms with Crippen molar-refractivity contribution in [3.63, 3.8) is 0 Å². The molecule has 1 fully saturated rings. The quantitative estimate of drug-likeness (QED) is 0.729. The van der Waals surface area contributed by atoms with Crippen LogP contribution in [0.3, 0.4) is 0 Å². The Balaban J connectivity index is 1.49. The third-order valence-corrected chi connectivity index (χ3v) is 5.26. The molecule has 3 rings (SSSR count). The molecule has 2 aromatic rings. The Morgan fingerprint density at radius 2 is 2.26 bits per heavy atom. The molecule has 0 spiro atoms. The highest BCUT2D eigenvalue weighted by Gasteiger charge is 2.26. The van der Waals surface area contributed by atoms with E-state index in [0.717, 1.165) is 17.8 Å². The minimum Gasteiger partial charge on any atom is -0.338 e. The first-order valence-corrected chi connectivity index (χ1v) is 9.67. The number of thiazole rings is 1. The Bertz CT molecular complexity index is 813. The number of likely N-dealkylation sites (tertiary alicyclic amines) is 1. The van der Waals surface area contributed by atoms with Crippen LogP contribution in [-0.4, -0.2) is 41.5 Å². The molecular formula is C18H22FN5O2S. The van der Waals surface area contributed by atoms with Gasteiger partial charge in [0, 0.05) is 37.2 Å². The number of anilines is 1. The standard InChI is InChI=1S/C18H22FN5O2S/c19-13-4-1-5-14(7-13)22-18(26)21-9-12-3-2-6-24(10-12)17(25)15-11-27-16(8-20)23-15/h1,4-5,7,11-12H,2-3,6,8-10,20H2,(H2,21,22,26). The number of aromatic nitrogens is 1. The van der Waals surface area contributed by atoms with Gasteiger partial charge in [-0.25, -0.2) is 14.2 Å². The molecule has 0 aliphatic carbocycles. The lowest BCUT2D eigenvalue weighted by Crippen LogP contribution is -2.44. The Morgan fingerprint density at radius 1 is 1.41 bits per heavy atom. The fourth-order valence-electron chi connectivity index (χ4n) is 3.06. The first-order chi connectivity index (χ1) is 13.0. The molecule has 4 N–H and O–H groups in total. The van der Waals surface area contributed by atoms with Crippen LogP contribution in [0.1, 0.15) is 28.3 Å². The van der Waals surface area contributed by atoms with Crippen molar-refractivity contribution >= 4 is 29.0 Å². The topological polar surface area (TPSA) is 100 Å². The largest absolute Gasteiger partial charge is 0.338 e. The molecule has 144 valence electrons. The van der Waals surface area contributed by atoms with E-state index < -0.39 is 11.8 Å². The number of hydrogen-bond acceptors (Lipinski definition) is 5. The number of nitrogens with zero attached hydrogens (tertiary/aromatic N) is 2. The lowest BCUT2D eigenvalue weighted by Gasteiger charge is -2.32. The average molecular weight is 391 g/mol.